The lowest BCUT2D eigenvalue weighted by Gasteiger charge is -2.36. The van der Waals surface area contributed by atoms with Gasteiger partial charge < -0.3 is 14.7 Å². The van der Waals surface area contributed by atoms with E-state index in [0.717, 1.165) is 106 Å². The van der Waals surface area contributed by atoms with Gasteiger partial charge >= 0.3 is 0 Å². The SMILES string of the molecule is Fc1cc(-c2cccc3ccccc23)cc(N(c2ccccc2)c2ccc3c(c2)N(c2ccccc2)c2cccc4c(N(c5ccccc5)c5cc(F)cc(-c6cccc7ccccc67)c5)ccc-3c24)c1. The highest BCUT2D eigenvalue weighted by Crippen LogP contribution is 2.55. The molecule has 0 bridgehead atoms. The van der Waals surface area contributed by atoms with Crippen LogP contribution in [0.15, 0.2) is 261 Å². The predicted octanol–water partition coefficient (Wildman–Crippen LogP) is 19.1. The third kappa shape index (κ3) is 7.34. The number of anilines is 9. The van der Waals surface area contributed by atoms with Crippen LogP contribution in [0.4, 0.5) is 60.0 Å². The van der Waals surface area contributed by atoms with Gasteiger partial charge in [0.1, 0.15) is 11.6 Å². The van der Waals surface area contributed by atoms with Crippen LogP contribution in [0.2, 0.25) is 0 Å². The largest absolute Gasteiger partial charge is 0.310 e. The first-order chi connectivity index (χ1) is 35.0. The molecule has 0 spiro atoms. The van der Waals surface area contributed by atoms with E-state index in [0.29, 0.717) is 11.4 Å². The molecule has 12 aromatic carbocycles. The van der Waals surface area contributed by atoms with Gasteiger partial charge in [-0.15, -0.1) is 0 Å². The zero-order valence-corrected chi connectivity index (χ0v) is 38.4. The van der Waals surface area contributed by atoms with Crippen molar-refractivity contribution in [1.29, 1.82) is 0 Å². The number of fused-ring (bicyclic) bond motifs is 4. The fourth-order valence-corrected chi connectivity index (χ4v) is 10.7. The number of benzene rings is 12. The van der Waals surface area contributed by atoms with Crippen LogP contribution in [0.3, 0.4) is 0 Å². The van der Waals surface area contributed by atoms with E-state index in [1.54, 1.807) is 24.3 Å². The minimum atomic E-state index is -0.320. The first-order valence-corrected chi connectivity index (χ1v) is 23.9. The zero-order chi connectivity index (χ0) is 47.4. The Balaban J connectivity index is 1.00. The average Bonchev–Trinajstić information content (AvgIpc) is 3.42. The Morgan fingerprint density at radius 1 is 0.296 bits per heavy atom. The maximum Gasteiger partial charge on any atom is 0.125 e. The van der Waals surface area contributed by atoms with E-state index in [4.69, 9.17) is 0 Å². The molecule has 0 amide bonds. The molecule has 336 valence electrons. The third-order valence-electron chi connectivity index (χ3n) is 13.8. The van der Waals surface area contributed by atoms with Crippen LogP contribution in [0.25, 0.3) is 65.7 Å². The van der Waals surface area contributed by atoms with Crippen molar-refractivity contribution in [2.75, 3.05) is 14.7 Å². The molecule has 0 saturated heterocycles. The molecule has 1 aliphatic heterocycles. The van der Waals surface area contributed by atoms with Gasteiger partial charge in [-0.1, -0.05) is 164 Å². The van der Waals surface area contributed by atoms with Gasteiger partial charge in [0.15, 0.2) is 0 Å². The first-order valence-electron chi connectivity index (χ1n) is 23.9. The highest BCUT2D eigenvalue weighted by molar-refractivity contribution is 6.18. The highest BCUT2D eigenvalue weighted by atomic mass is 19.1. The van der Waals surface area contributed by atoms with Crippen LogP contribution >= 0.6 is 0 Å². The molecule has 13 rings (SSSR count). The van der Waals surface area contributed by atoms with Crippen LogP contribution < -0.4 is 14.7 Å². The van der Waals surface area contributed by atoms with Crippen LogP contribution in [0.5, 0.6) is 0 Å². The van der Waals surface area contributed by atoms with E-state index in [1.165, 1.54) is 0 Å². The van der Waals surface area contributed by atoms with Crippen molar-refractivity contribution in [2.45, 2.75) is 0 Å². The van der Waals surface area contributed by atoms with Gasteiger partial charge in [-0.3, -0.25) is 0 Å². The molecule has 0 radical (unpaired) electrons. The van der Waals surface area contributed by atoms with Crippen LogP contribution in [-0.2, 0) is 0 Å². The van der Waals surface area contributed by atoms with Crippen molar-refractivity contribution in [3.8, 4) is 33.4 Å². The molecule has 0 saturated carbocycles. The zero-order valence-electron chi connectivity index (χ0n) is 38.4. The Labute approximate surface area is 411 Å². The molecule has 1 heterocycles. The van der Waals surface area contributed by atoms with E-state index in [2.05, 4.69) is 172 Å². The summed E-state index contributed by atoms with van der Waals surface area (Å²) in [5.74, 6) is -0.638. The van der Waals surface area contributed by atoms with Crippen LogP contribution in [0, 0.1) is 11.6 Å². The summed E-state index contributed by atoms with van der Waals surface area (Å²) in [6.45, 7) is 0. The number of para-hydroxylation sites is 3. The lowest BCUT2D eigenvalue weighted by atomic mass is 9.89. The summed E-state index contributed by atoms with van der Waals surface area (Å²) in [5, 5.41) is 6.42. The number of rotatable bonds is 9. The Kier molecular flexibility index (Phi) is 10.2. The lowest BCUT2D eigenvalue weighted by molar-refractivity contribution is 0.628. The molecule has 3 nitrogen and oxygen atoms in total. The van der Waals surface area contributed by atoms with Gasteiger partial charge in [-0.25, -0.2) is 8.78 Å². The van der Waals surface area contributed by atoms with Crippen LogP contribution in [-0.4, -0.2) is 0 Å². The van der Waals surface area contributed by atoms with Crippen molar-refractivity contribution in [2.24, 2.45) is 0 Å². The topological polar surface area (TPSA) is 9.72 Å². The number of nitrogens with zero attached hydrogens (tertiary/aromatic N) is 3. The maximum atomic E-state index is 16.2. The van der Waals surface area contributed by atoms with Crippen molar-refractivity contribution < 1.29 is 8.78 Å². The normalized spacial score (nSPS) is 11.8. The summed E-state index contributed by atoms with van der Waals surface area (Å²) in [6.07, 6.45) is 0. The molecule has 0 fully saturated rings. The van der Waals surface area contributed by atoms with Crippen LogP contribution in [0.1, 0.15) is 0 Å². The maximum absolute atomic E-state index is 16.2. The summed E-state index contributed by atoms with van der Waals surface area (Å²) in [6, 6.07) is 87.8. The summed E-state index contributed by atoms with van der Waals surface area (Å²) in [4.78, 5) is 6.65. The Hall–Kier alpha value is -9.32. The molecule has 12 aromatic rings. The average molecular weight is 916 g/mol. The van der Waals surface area contributed by atoms with Gasteiger partial charge in [0.2, 0.25) is 0 Å². The molecule has 71 heavy (non-hydrogen) atoms. The van der Waals surface area contributed by atoms with E-state index in [1.807, 2.05) is 78.9 Å². The van der Waals surface area contributed by atoms with E-state index >= 15 is 8.78 Å². The van der Waals surface area contributed by atoms with Gasteiger partial charge in [-0.05, 0) is 146 Å². The van der Waals surface area contributed by atoms with E-state index in [-0.39, 0.29) is 11.6 Å². The van der Waals surface area contributed by atoms with Crippen molar-refractivity contribution in [1.82, 2.24) is 0 Å². The van der Waals surface area contributed by atoms with Gasteiger partial charge in [0.25, 0.3) is 0 Å². The molecule has 0 unspecified atom stereocenters. The second kappa shape index (κ2) is 17.3. The standard InChI is InChI=1S/C66H43F2N3/c67-48-37-46(58-29-14-19-44-17-10-12-27-56(44)58)39-54(41-48)69(50-21-4-1-5-22-50)53-33-34-60-61-35-36-63(62-31-16-32-64(66(61)62)71(65(60)43-53)52-25-8-3-9-26-52)70(51-23-6-2-7-24-51)55-40-47(38-49(68)42-55)59-30-15-20-45-18-11-13-28-57(45)59/h1-43H. The Bertz CT molecular complexity index is 3980. The van der Waals surface area contributed by atoms with Gasteiger partial charge in [-0.2, -0.15) is 0 Å². The Morgan fingerprint density at radius 2 is 0.789 bits per heavy atom. The number of hydrogen-bond donors (Lipinski definition) is 0. The summed E-state index contributed by atoms with van der Waals surface area (Å²) in [5.41, 5.74) is 13.7. The molecule has 0 aliphatic carbocycles. The van der Waals surface area contributed by atoms with Crippen molar-refractivity contribution in [3.05, 3.63) is 272 Å². The molecular formula is C66H43F2N3. The predicted molar refractivity (Wildman–Crippen MR) is 293 cm³/mol. The smallest absolute Gasteiger partial charge is 0.125 e. The molecule has 0 aromatic heterocycles. The van der Waals surface area contributed by atoms with E-state index in [9.17, 15) is 0 Å². The first kappa shape index (κ1) is 41.8. The lowest BCUT2D eigenvalue weighted by Crippen LogP contribution is -2.17. The molecule has 5 heteroatoms. The quantitative estimate of drug-likeness (QED) is 0.143. The molecular weight excluding hydrogens is 873 g/mol. The molecule has 0 atom stereocenters. The molecule has 0 N–H and O–H groups in total. The number of halogens is 2. The van der Waals surface area contributed by atoms with Gasteiger partial charge in [0.05, 0.1) is 17.1 Å². The summed E-state index contributed by atoms with van der Waals surface area (Å²) in [7, 11) is 0. The minimum Gasteiger partial charge on any atom is -0.310 e. The summed E-state index contributed by atoms with van der Waals surface area (Å²) >= 11 is 0. The van der Waals surface area contributed by atoms with Crippen molar-refractivity contribution in [3.63, 3.8) is 0 Å². The van der Waals surface area contributed by atoms with Gasteiger partial charge in [0, 0.05) is 50.5 Å². The fraction of sp³-hybridized carbons (Fsp3) is 0. The summed E-state index contributed by atoms with van der Waals surface area (Å²) < 4.78 is 32.4. The highest BCUT2D eigenvalue weighted by Gasteiger charge is 2.30. The Morgan fingerprint density at radius 3 is 1.41 bits per heavy atom. The molecule has 1 aliphatic rings. The number of hydrogen-bond acceptors (Lipinski definition) is 3. The second-order valence-corrected chi connectivity index (χ2v) is 18.0. The van der Waals surface area contributed by atoms with E-state index < -0.39 is 0 Å². The fourth-order valence-electron chi connectivity index (χ4n) is 10.7. The minimum absolute atomic E-state index is 0.318. The second-order valence-electron chi connectivity index (χ2n) is 18.0. The third-order valence-corrected chi connectivity index (χ3v) is 13.8. The monoisotopic (exact) mass is 915 g/mol. The van der Waals surface area contributed by atoms with Crippen molar-refractivity contribution >= 4 is 83.5 Å².